The average molecular weight is 389 g/mol. The summed E-state index contributed by atoms with van der Waals surface area (Å²) >= 11 is 0. The van der Waals surface area contributed by atoms with E-state index in [0.717, 1.165) is 22.6 Å². The van der Waals surface area contributed by atoms with E-state index in [4.69, 9.17) is 0 Å². The van der Waals surface area contributed by atoms with Crippen molar-refractivity contribution in [3.8, 4) is 0 Å². The second kappa shape index (κ2) is 6.19. The molecule has 10 heteroatoms. The lowest BCUT2D eigenvalue weighted by molar-refractivity contribution is 0.586. The van der Waals surface area contributed by atoms with Gasteiger partial charge >= 0.3 is 0 Å². The Bertz CT molecular complexity index is 1060. The van der Waals surface area contributed by atoms with Crippen molar-refractivity contribution >= 4 is 35.8 Å². The Kier molecular flexibility index (Phi) is 4.75. The standard InChI is InChI=1S/C14H15NO6S3/c1-22(16,17)14(23(2,18)19)11-12-7-6-10-15(12)24(20,21)13-8-4-3-5-9-13/h3-11H,1-2H3. The van der Waals surface area contributed by atoms with Gasteiger partial charge in [0.05, 0.1) is 10.6 Å². The Morgan fingerprint density at radius 1 is 0.833 bits per heavy atom. The normalized spacial score (nSPS) is 12.8. The highest BCUT2D eigenvalue weighted by Crippen LogP contribution is 2.21. The molecule has 0 radical (unpaired) electrons. The van der Waals surface area contributed by atoms with Crippen molar-refractivity contribution in [2.75, 3.05) is 12.5 Å². The first-order chi connectivity index (χ1) is 10.9. The van der Waals surface area contributed by atoms with Gasteiger partial charge in [0, 0.05) is 18.7 Å². The van der Waals surface area contributed by atoms with Gasteiger partial charge in [0.15, 0.2) is 23.9 Å². The average Bonchev–Trinajstić information content (AvgIpc) is 2.92. The Hall–Kier alpha value is -1.91. The van der Waals surface area contributed by atoms with E-state index in [1.807, 2.05) is 0 Å². The molecule has 0 unspecified atom stereocenters. The number of hydrogen-bond acceptors (Lipinski definition) is 6. The first-order valence-electron chi connectivity index (χ1n) is 6.54. The fourth-order valence-corrected chi connectivity index (χ4v) is 6.24. The van der Waals surface area contributed by atoms with Gasteiger partial charge in [0.1, 0.15) is 0 Å². The molecule has 1 aromatic heterocycles. The van der Waals surface area contributed by atoms with Crippen molar-refractivity contribution < 1.29 is 25.3 Å². The summed E-state index contributed by atoms with van der Waals surface area (Å²) in [4.78, 5) is -0.00360. The van der Waals surface area contributed by atoms with E-state index >= 15 is 0 Å². The molecule has 0 saturated carbocycles. The Morgan fingerprint density at radius 2 is 1.38 bits per heavy atom. The predicted octanol–water partition coefficient (Wildman–Crippen LogP) is 1.11. The fraction of sp³-hybridized carbons (Fsp3) is 0.143. The van der Waals surface area contributed by atoms with Crippen LogP contribution >= 0.6 is 0 Å². The van der Waals surface area contributed by atoms with E-state index in [0.29, 0.717) is 0 Å². The summed E-state index contributed by atoms with van der Waals surface area (Å²) in [5.41, 5.74) is -0.0790. The zero-order valence-electron chi connectivity index (χ0n) is 12.8. The van der Waals surface area contributed by atoms with Gasteiger partial charge in [-0.15, -0.1) is 0 Å². The van der Waals surface area contributed by atoms with Gasteiger partial charge in [-0.3, -0.25) is 0 Å². The van der Waals surface area contributed by atoms with Crippen LogP contribution in [-0.2, 0) is 29.7 Å². The van der Waals surface area contributed by atoms with Crippen LogP contribution in [0.2, 0.25) is 0 Å². The predicted molar refractivity (Wildman–Crippen MR) is 91.1 cm³/mol. The van der Waals surface area contributed by atoms with Gasteiger partial charge in [-0.1, -0.05) is 18.2 Å². The number of rotatable bonds is 5. The third kappa shape index (κ3) is 3.77. The summed E-state index contributed by atoms with van der Waals surface area (Å²) in [6.45, 7) is 0. The molecule has 0 fully saturated rings. The van der Waals surface area contributed by atoms with Crippen molar-refractivity contribution in [1.82, 2.24) is 3.97 Å². The van der Waals surface area contributed by atoms with E-state index in [-0.39, 0.29) is 10.6 Å². The highest BCUT2D eigenvalue weighted by atomic mass is 32.3. The lowest BCUT2D eigenvalue weighted by Crippen LogP contribution is -2.15. The molecule has 1 aromatic carbocycles. The van der Waals surface area contributed by atoms with Gasteiger partial charge < -0.3 is 0 Å². The molecule has 2 aromatic rings. The molecule has 7 nitrogen and oxygen atoms in total. The molecule has 0 spiro atoms. The van der Waals surface area contributed by atoms with Crippen molar-refractivity contribution in [3.63, 3.8) is 0 Å². The molecule has 0 saturated heterocycles. The minimum absolute atomic E-state index is 0.00360. The summed E-state index contributed by atoms with van der Waals surface area (Å²) in [7, 11) is -12.1. The lowest BCUT2D eigenvalue weighted by Gasteiger charge is -2.09. The number of sulfone groups is 2. The Labute approximate surface area is 141 Å². The minimum atomic E-state index is -4.06. The first-order valence-corrected chi connectivity index (χ1v) is 11.8. The summed E-state index contributed by atoms with van der Waals surface area (Å²) in [5.74, 6) is 0. The van der Waals surface area contributed by atoms with E-state index in [1.54, 1.807) is 18.2 Å². The van der Waals surface area contributed by atoms with Gasteiger partial charge in [0.2, 0.25) is 0 Å². The maximum Gasteiger partial charge on any atom is 0.268 e. The smallest absolute Gasteiger partial charge is 0.242 e. The third-order valence-corrected chi connectivity index (χ3v) is 8.27. The molecule has 0 bridgehead atoms. The molecule has 2 rings (SSSR count). The number of aromatic nitrogens is 1. The molecular weight excluding hydrogens is 374 g/mol. The maximum atomic E-state index is 12.6. The molecule has 0 amide bonds. The Balaban J connectivity index is 2.70. The van der Waals surface area contributed by atoms with E-state index in [9.17, 15) is 25.3 Å². The topological polar surface area (TPSA) is 107 Å². The molecule has 24 heavy (non-hydrogen) atoms. The van der Waals surface area contributed by atoms with Crippen LogP contribution in [0.15, 0.2) is 57.8 Å². The molecule has 0 aliphatic carbocycles. The van der Waals surface area contributed by atoms with Crippen LogP contribution < -0.4 is 0 Å². The van der Waals surface area contributed by atoms with E-state index in [2.05, 4.69) is 0 Å². The van der Waals surface area contributed by atoms with Gasteiger partial charge in [-0.05, 0) is 30.3 Å². The molecule has 0 aliphatic rings. The van der Waals surface area contributed by atoms with E-state index in [1.165, 1.54) is 30.5 Å². The summed E-state index contributed by atoms with van der Waals surface area (Å²) in [5, 5.41) is 0. The quantitative estimate of drug-likeness (QED) is 0.758. The highest BCUT2D eigenvalue weighted by Gasteiger charge is 2.25. The zero-order valence-corrected chi connectivity index (χ0v) is 15.3. The monoisotopic (exact) mass is 389 g/mol. The fourth-order valence-electron chi connectivity index (χ4n) is 2.03. The van der Waals surface area contributed by atoms with Crippen molar-refractivity contribution in [2.24, 2.45) is 0 Å². The molecule has 0 atom stereocenters. The molecule has 0 N–H and O–H groups in total. The SMILES string of the molecule is CS(=O)(=O)C(=Cc1cccn1S(=O)(=O)c1ccccc1)S(C)(=O)=O. The van der Waals surface area contributed by atoms with Crippen LogP contribution in [0, 0.1) is 0 Å². The van der Waals surface area contributed by atoms with Crippen molar-refractivity contribution in [3.05, 3.63) is 58.6 Å². The summed E-state index contributed by atoms with van der Waals surface area (Å²) in [6.07, 6.45) is 3.55. The molecule has 1 heterocycles. The molecular formula is C14H15NO6S3. The van der Waals surface area contributed by atoms with Crippen LogP contribution in [0.1, 0.15) is 5.69 Å². The van der Waals surface area contributed by atoms with Crippen LogP contribution in [0.25, 0.3) is 6.08 Å². The molecule has 0 aliphatic heterocycles. The van der Waals surface area contributed by atoms with Crippen LogP contribution in [0.4, 0.5) is 0 Å². The van der Waals surface area contributed by atoms with Crippen LogP contribution in [0.5, 0.6) is 0 Å². The van der Waals surface area contributed by atoms with Crippen LogP contribution in [-0.4, -0.2) is 41.7 Å². The number of benzene rings is 1. The minimum Gasteiger partial charge on any atom is -0.242 e. The Morgan fingerprint density at radius 3 is 1.88 bits per heavy atom. The second-order valence-corrected chi connectivity index (χ2v) is 11.1. The summed E-state index contributed by atoms with van der Waals surface area (Å²) in [6, 6.07) is 10.2. The lowest BCUT2D eigenvalue weighted by atomic mass is 10.4. The first kappa shape index (κ1) is 18.4. The van der Waals surface area contributed by atoms with Crippen molar-refractivity contribution in [2.45, 2.75) is 4.90 Å². The third-order valence-electron chi connectivity index (χ3n) is 3.04. The largest absolute Gasteiger partial charge is 0.268 e. The number of nitrogens with zero attached hydrogens (tertiary/aromatic N) is 1. The van der Waals surface area contributed by atoms with E-state index < -0.39 is 33.9 Å². The van der Waals surface area contributed by atoms with Gasteiger partial charge in [-0.25, -0.2) is 29.2 Å². The number of hydrogen-bond donors (Lipinski definition) is 0. The van der Waals surface area contributed by atoms with Gasteiger partial charge in [-0.2, -0.15) is 0 Å². The highest BCUT2D eigenvalue weighted by molar-refractivity contribution is 8.14. The second-order valence-electron chi connectivity index (χ2n) is 5.05. The van der Waals surface area contributed by atoms with Gasteiger partial charge in [0.25, 0.3) is 10.0 Å². The van der Waals surface area contributed by atoms with Crippen molar-refractivity contribution in [1.29, 1.82) is 0 Å². The van der Waals surface area contributed by atoms with Crippen LogP contribution in [0.3, 0.4) is 0 Å². The molecule has 130 valence electrons. The zero-order chi connectivity index (χ0) is 18.2. The summed E-state index contributed by atoms with van der Waals surface area (Å²) < 4.78 is 72.2. The maximum absolute atomic E-state index is 12.6.